The lowest BCUT2D eigenvalue weighted by atomic mass is 10.6. The van der Waals surface area contributed by atoms with Gasteiger partial charge in [0.15, 0.2) is 14.8 Å². The van der Waals surface area contributed by atoms with Gasteiger partial charge in [0, 0.05) is 0 Å². The van der Waals surface area contributed by atoms with E-state index in [1.165, 1.54) is 17.7 Å². The molecule has 0 aliphatic rings. The summed E-state index contributed by atoms with van der Waals surface area (Å²) in [7, 11) is 0. The molecule has 0 saturated carbocycles. The van der Waals surface area contributed by atoms with Gasteiger partial charge in [-0.25, -0.2) is 9.97 Å². The number of halogens is 1. The van der Waals surface area contributed by atoms with E-state index in [9.17, 15) is 0 Å². The van der Waals surface area contributed by atoms with Crippen molar-refractivity contribution in [2.45, 2.75) is 0 Å². The van der Waals surface area contributed by atoms with Gasteiger partial charge in [0.1, 0.15) is 11.0 Å². The van der Waals surface area contributed by atoms with E-state index < -0.39 is 0 Å². The molecule has 0 bridgehead atoms. The molecule has 2 aromatic heterocycles. The second-order valence-electron chi connectivity index (χ2n) is 1.86. The lowest BCUT2D eigenvalue weighted by Gasteiger charge is -1.86. The Hall–Kier alpha value is -0.520. The molecule has 0 amide bonds. The van der Waals surface area contributed by atoms with Crippen LogP contribution in [0.15, 0.2) is 6.33 Å². The summed E-state index contributed by atoms with van der Waals surface area (Å²) in [5.74, 6) is 0. The van der Waals surface area contributed by atoms with Crippen LogP contribution in [0.1, 0.15) is 0 Å². The van der Waals surface area contributed by atoms with Crippen LogP contribution in [-0.2, 0) is 0 Å². The van der Waals surface area contributed by atoms with Gasteiger partial charge in [-0.15, -0.1) is 0 Å². The van der Waals surface area contributed by atoms with Crippen LogP contribution in [0.25, 0.3) is 10.3 Å². The van der Waals surface area contributed by atoms with Crippen LogP contribution in [0, 0.1) is 3.95 Å². The van der Waals surface area contributed by atoms with Crippen LogP contribution >= 0.6 is 35.2 Å². The molecule has 0 aliphatic heterocycles. The van der Waals surface area contributed by atoms with Crippen molar-refractivity contribution >= 4 is 45.5 Å². The number of hydrogen-bond donors (Lipinski definition) is 1. The van der Waals surface area contributed by atoms with Crippen molar-refractivity contribution in [3.8, 4) is 0 Å². The van der Waals surface area contributed by atoms with Crippen molar-refractivity contribution in [3.05, 3.63) is 15.4 Å². The third kappa shape index (κ3) is 1.15. The van der Waals surface area contributed by atoms with Gasteiger partial charge in [-0.2, -0.15) is 0 Å². The van der Waals surface area contributed by atoms with Crippen LogP contribution in [0.3, 0.4) is 0 Å². The highest BCUT2D eigenvalue weighted by Crippen LogP contribution is 2.23. The zero-order chi connectivity index (χ0) is 7.84. The molecule has 0 spiro atoms. The van der Waals surface area contributed by atoms with E-state index in [0.717, 1.165) is 4.70 Å². The monoisotopic (exact) mass is 203 g/mol. The third-order valence-corrected chi connectivity index (χ3v) is 2.80. The van der Waals surface area contributed by atoms with Gasteiger partial charge in [0.2, 0.25) is 0 Å². The maximum Gasteiger partial charge on any atom is 0.160 e. The van der Waals surface area contributed by atoms with E-state index in [1.54, 1.807) is 0 Å². The maximum absolute atomic E-state index is 5.76. The molecule has 0 saturated heterocycles. The predicted octanol–water partition coefficient (Wildman–Crippen LogP) is 2.40. The van der Waals surface area contributed by atoms with Crippen LogP contribution in [0.4, 0.5) is 0 Å². The smallest absolute Gasteiger partial charge is 0.160 e. The first kappa shape index (κ1) is 7.15. The number of aromatic amines is 1. The standard InChI is InChI=1S/C5H2ClN3S2/c6-3-2-4(8-1-7-3)9-5(10)11-2/h1H,(H,7,8,9,10). The van der Waals surface area contributed by atoms with Crippen LogP contribution < -0.4 is 0 Å². The van der Waals surface area contributed by atoms with E-state index in [1.807, 2.05) is 0 Å². The minimum Gasteiger partial charge on any atom is -0.321 e. The molecule has 3 nitrogen and oxygen atoms in total. The van der Waals surface area contributed by atoms with Gasteiger partial charge in [-0.1, -0.05) is 22.9 Å². The Morgan fingerprint density at radius 2 is 2.36 bits per heavy atom. The highest BCUT2D eigenvalue weighted by atomic mass is 35.5. The largest absolute Gasteiger partial charge is 0.321 e. The number of nitrogens with one attached hydrogen (secondary N) is 1. The van der Waals surface area contributed by atoms with Crippen molar-refractivity contribution in [1.29, 1.82) is 0 Å². The van der Waals surface area contributed by atoms with Gasteiger partial charge in [0.05, 0.1) is 0 Å². The second-order valence-corrected chi connectivity index (χ2v) is 3.90. The molecule has 0 fully saturated rings. The van der Waals surface area contributed by atoms with Crippen molar-refractivity contribution in [3.63, 3.8) is 0 Å². The molecule has 0 aromatic carbocycles. The highest BCUT2D eigenvalue weighted by molar-refractivity contribution is 7.73. The zero-order valence-corrected chi connectivity index (χ0v) is 7.56. The number of thiazole rings is 1. The molecule has 0 aliphatic carbocycles. The number of H-pyrrole nitrogens is 1. The molecule has 56 valence electrons. The fraction of sp³-hybridized carbons (Fsp3) is 0. The lowest BCUT2D eigenvalue weighted by Crippen LogP contribution is -1.78. The average Bonchev–Trinajstić information content (AvgIpc) is 2.31. The molecular formula is C5H2ClN3S2. The number of nitrogens with zero attached hydrogens (tertiary/aromatic N) is 2. The maximum atomic E-state index is 5.76. The Morgan fingerprint density at radius 1 is 1.55 bits per heavy atom. The molecule has 2 rings (SSSR count). The number of fused-ring (bicyclic) bond motifs is 1. The van der Waals surface area contributed by atoms with E-state index in [0.29, 0.717) is 14.8 Å². The van der Waals surface area contributed by atoms with Crippen LogP contribution in [0.5, 0.6) is 0 Å². The van der Waals surface area contributed by atoms with Crippen LogP contribution in [0.2, 0.25) is 5.15 Å². The van der Waals surface area contributed by atoms with Crippen molar-refractivity contribution < 1.29 is 0 Å². The zero-order valence-electron chi connectivity index (χ0n) is 5.17. The highest BCUT2D eigenvalue weighted by Gasteiger charge is 2.02. The Morgan fingerprint density at radius 3 is 3.09 bits per heavy atom. The molecule has 0 unspecified atom stereocenters. The second kappa shape index (κ2) is 2.51. The summed E-state index contributed by atoms with van der Waals surface area (Å²) in [5.41, 5.74) is 0.708. The molecule has 0 radical (unpaired) electrons. The molecule has 2 aromatic rings. The fourth-order valence-electron chi connectivity index (χ4n) is 0.747. The molecular weight excluding hydrogens is 202 g/mol. The Labute approximate surface area is 76.1 Å². The normalized spacial score (nSPS) is 10.6. The minimum absolute atomic E-state index is 0.451. The summed E-state index contributed by atoms with van der Waals surface area (Å²) in [6, 6.07) is 0. The van der Waals surface area contributed by atoms with Crippen molar-refractivity contribution in [2.24, 2.45) is 0 Å². The fourth-order valence-corrected chi connectivity index (χ4v) is 2.01. The van der Waals surface area contributed by atoms with Gasteiger partial charge in [-0.3, -0.25) is 0 Å². The summed E-state index contributed by atoms with van der Waals surface area (Å²) >= 11 is 12.1. The lowest BCUT2D eigenvalue weighted by molar-refractivity contribution is 1.20. The summed E-state index contributed by atoms with van der Waals surface area (Å²) in [6.45, 7) is 0. The van der Waals surface area contributed by atoms with Crippen molar-refractivity contribution in [2.75, 3.05) is 0 Å². The first-order valence-corrected chi connectivity index (χ1v) is 4.37. The van der Waals surface area contributed by atoms with E-state index >= 15 is 0 Å². The van der Waals surface area contributed by atoms with Gasteiger partial charge >= 0.3 is 0 Å². The minimum atomic E-state index is 0.451. The summed E-state index contributed by atoms with van der Waals surface area (Å²) in [5, 5.41) is 0.451. The molecule has 2 heterocycles. The quantitative estimate of drug-likeness (QED) is 0.528. The number of aromatic nitrogens is 3. The van der Waals surface area contributed by atoms with Gasteiger partial charge in [-0.05, 0) is 12.2 Å². The van der Waals surface area contributed by atoms with E-state index in [2.05, 4.69) is 15.0 Å². The molecule has 1 N–H and O–H groups in total. The van der Waals surface area contributed by atoms with E-state index in [4.69, 9.17) is 23.8 Å². The van der Waals surface area contributed by atoms with Crippen LogP contribution in [-0.4, -0.2) is 15.0 Å². The topological polar surface area (TPSA) is 41.6 Å². The summed E-state index contributed by atoms with van der Waals surface area (Å²) in [4.78, 5) is 10.7. The Kier molecular flexibility index (Phi) is 1.63. The first-order chi connectivity index (χ1) is 5.27. The van der Waals surface area contributed by atoms with Gasteiger partial charge in [0.25, 0.3) is 0 Å². The first-order valence-electron chi connectivity index (χ1n) is 2.76. The van der Waals surface area contributed by atoms with E-state index in [-0.39, 0.29) is 0 Å². The van der Waals surface area contributed by atoms with Gasteiger partial charge < -0.3 is 4.98 Å². The van der Waals surface area contributed by atoms with Crippen molar-refractivity contribution in [1.82, 2.24) is 15.0 Å². The predicted molar refractivity (Wildman–Crippen MR) is 47.6 cm³/mol. The molecule has 6 heteroatoms. The summed E-state index contributed by atoms with van der Waals surface area (Å²) in [6.07, 6.45) is 1.41. The number of hydrogen-bond acceptors (Lipinski definition) is 4. The third-order valence-electron chi connectivity index (χ3n) is 1.18. The Balaban J connectivity index is 3.01. The average molecular weight is 204 g/mol. The molecule has 11 heavy (non-hydrogen) atoms. The summed E-state index contributed by atoms with van der Waals surface area (Å²) < 4.78 is 1.49. The molecule has 0 atom stereocenters. The SMILES string of the molecule is S=c1[nH]c2ncnc(Cl)c2s1. The number of rotatable bonds is 0. The Bertz CT molecular complexity index is 446.